The summed E-state index contributed by atoms with van der Waals surface area (Å²) in [6, 6.07) is 0. The summed E-state index contributed by atoms with van der Waals surface area (Å²) in [5.74, 6) is -0.418. The molecule has 0 saturated heterocycles. The topological polar surface area (TPSA) is 57.1 Å². The average Bonchev–Trinajstić information content (AvgIpc) is 2.67. The minimum absolute atomic E-state index is 0.304. The van der Waals surface area contributed by atoms with Crippen molar-refractivity contribution in [3.8, 4) is 0 Å². The van der Waals surface area contributed by atoms with Gasteiger partial charge in [-0.15, -0.1) is 0 Å². The Hall–Kier alpha value is -1.10. The second-order valence-electron chi connectivity index (χ2n) is 3.22. The maximum atomic E-state index is 11.2. The van der Waals surface area contributed by atoms with Crippen LogP contribution >= 0.6 is 0 Å². The zero-order chi connectivity index (χ0) is 11.1. The summed E-state index contributed by atoms with van der Waals surface area (Å²) in [5, 5.41) is 3.63. The molecule has 0 fully saturated rings. The van der Waals surface area contributed by atoms with Gasteiger partial charge in [-0.05, 0) is 13.3 Å². The third kappa shape index (κ3) is 3.87. The van der Waals surface area contributed by atoms with Gasteiger partial charge < -0.3 is 14.3 Å². The molecule has 0 amide bonds. The second-order valence-corrected chi connectivity index (χ2v) is 3.22. The molecule has 0 N–H and O–H groups in total. The fraction of sp³-hybridized carbons (Fsp3) is 0.800. The maximum Gasteiger partial charge on any atom is 0.356 e. The minimum atomic E-state index is -0.420. The number of nitrogens with zero attached hydrogens (tertiary/aromatic N) is 1. The zero-order valence-electron chi connectivity index (χ0n) is 9.19. The zero-order valence-corrected chi connectivity index (χ0v) is 9.19. The van der Waals surface area contributed by atoms with Crippen molar-refractivity contribution in [2.45, 2.75) is 39.4 Å². The van der Waals surface area contributed by atoms with Gasteiger partial charge in [0.25, 0.3) is 0 Å². The van der Waals surface area contributed by atoms with Crippen molar-refractivity contribution in [2.24, 2.45) is 5.16 Å². The lowest BCUT2D eigenvalue weighted by atomic mass is 10.3. The molecule has 86 valence electrons. The Balaban J connectivity index is 2.21. The molecular formula is C10H17NO4. The van der Waals surface area contributed by atoms with Gasteiger partial charge in [-0.25, -0.2) is 4.79 Å². The predicted molar refractivity (Wildman–Crippen MR) is 54.4 cm³/mol. The quantitative estimate of drug-likeness (QED) is 0.497. The number of unbranched alkanes of at least 4 members (excludes halogenated alkanes) is 1. The first-order valence-corrected chi connectivity index (χ1v) is 5.29. The highest BCUT2D eigenvalue weighted by Crippen LogP contribution is 2.13. The van der Waals surface area contributed by atoms with Crippen LogP contribution in [0.3, 0.4) is 0 Å². The van der Waals surface area contributed by atoms with Crippen LogP contribution in [-0.4, -0.2) is 31.2 Å². The van der Waals surface area contributed by atoms with Crippen molar-refractivity contribution in [3.63, 3.8) is 0 Å². The van der Waals surface area contributed by atoms with Crippen molar-refractivity contribution in [2.75, 3.05) is 13.2 Å². The van der Waals surface area contributed by atoms with E-state index in [0.29, 0.717) is 25.3 Å². The van der Waals surface area contributed by atoms with Gasteiger partial charge in [0.2, 0.25) is 6.29 Å². The van der Waals surface area contributed by atoms with Crippen molar-refractivity contribution in [1.82, 2.24) is 0 Å². The molecule has 0 aliphatic carbocycles. The number of ether oxygens (including phenoxy) is 2. The molecule has 5 nitrogen and oxygen atoms in total. The summed E-state index contributed by atoms with van der Waals surface area (Å²) in [6.45, 7) is 4.81. The average molecular weight is 215 g/mol. The predicted octanol–water partition coefficient (Wildman–Crippen LogP) is 1.47. The van der Waals surface area contributed by atoms with Crippen LogP contribution in [0.15, 0.2) is 5.16 Å². The largest absolute Gasteiger partial charge is 0.461 e. The molecule has 0 aromatic rings. The number of hydrogen-bond acceptors (Lipinski definition) is 5. The fourth-order valence-corrected chi connectivity index (χ4v) is 1.14. The van der Waals surface area contributed by atoms with E-state index in [1.165, 1.54) is 0 Å². The molecule has 0 aromatic heterocycles. The van der Waals surface area contributed by atoms with Crippen LogP contribution in [0.4, 0.5) is 0 Å². The highest BCUT2D eigenvalue weighted by atomic mass is 16.8. The van der Waals surface area contributed by atoms with Crippen LogP contribution in [0.25, 0.3) is 0 Å². The van der Waals surface area contributed by atoms with E-state index in [1.54, 1.807) is 6.92 Å². The van der Waals surface area contributed by atoms with Gasteiger partial charge in [-0.2, -0.15) is 0 Å². The van der Waals surface area contributed by atoms with Crippen molar-refractivity contribution in [3.05, 3.63) is 0 Å². The summed E-state index contributed by atoms with van der Waals surface area (Å²) in [5.41, 5.74) is 0.304. The third-order valence-corrected chi connectivity index (χ3v) is 1.95. The summed E-state index contributed by atoms with van der Waals surface area (Å²) in [6.07, 6.45) is 2.01. The van der Waals surface area contributed by atoms with Crippen LogP contribution in [0.5, 0.6) is 0 Å². The Kier molecular flexibility index (Phi) is 5.10. The van der Waals surface area contributed by atoms with Gasteiger partial charge in [0.05, 0.1) is 19.6 Å². The molecule has 0 spiro atoms. The van der Waals surface area contributed by atoms with Crippen LogP contribution in [0, 0.1) is 0 Å². The number of oxime groups is 1. The first-order chi connectivity index (χ1) is 7.27. The lowest BCUT2D eigenvalue weighted by Crippen LogP contribution is -2.19. The van der Waals surface area contributed by atoms with Gasteiger partial charge in [0.1, 0.15) is 0 Å². The molecule has 1 heterocycles. The van der Waals surface area contributed by atoms with E-state index >= 15 is 0 Å². The maximum absolute atomic E-state index is 11.2. The lowest BCUT2D eigenvalue weighted by molar-refractivity contribution is -0.135. The lowest BCUT2D eigenvalue weighted by Gasteiger charge is -2.08. The first-order valence-electron chi connectivity index (χ1n) is 5.29. The number of hydrogen-bond donors (Lipinski definition) is 0. The highest BCUT2D eigenvalue weighted by molar-refractivity contribution is 6.36. The molecule has 1 unspecified atom stereocenters. The van der Waals surface area contributed by atoms with E-state index in [4.69, 9.17) is 14.3 Å². The minimum Gasteiger partial charge on any atom is -0.461 e. The molecule has 0 aromatic carbocycles. The van der Waals surface area contributed by atoms with E-state index in [2.05, 4.69) is 12.1 Å². The molecule has 0 saturated carbocycles. The van der Waals surface area contributed by atoms with E-state index in [0.717, 1.165) is 12.8 Å². The molecule has 5 heteroatoms. The first kappa shape index (κ1) is 12.0. The smallest absolute Gasteiger partial charge is 0.356 e. The van der Waals surface area contributed by atoms with Gasteiger partial charge in [-0.3, -0.25) is 0 Å². The van der Waals surface area contributed by atoms with Crippen LogP contribution in [-0.2, 0) is 19.1 Å². The standard InChI is InChI=1S/C10H17NO4/c1-3-5-6-14-9-7-8(11-15-9)10(12)13-4-2/h9H,3-7H2,1-2H3. The van der Waals surface area contributed by atoms with Gasteiger partial charge in [0, 0.05) is 0 Å². The molecule has 0 radical (unpaired) electrons. The third-order valence-electron chi connectivity index (χ3n) is 1.95. The summed E-state index contributed by atoms with van der Waals surface area (Å²) < 4.78 is 10.2. The van der Waals surface area contributed by atoms with E-state index in [1.807, 2.05) is 0 Å². The van der Waals surface area contributed by atoms with Crippen molar-refractivity contribution in [1.29, 1.82) is 0 Å². The van der Waals surface area contributed by atoms with Crippen LogP contribution in [0.2, 0.25) is 0 Å². The molecule has 15 heavy (non-hydrogen) atoms. The highest BCUT2D eigenvalue weighted by Gasteiger charge is 2.27. The second kappa shape index (κ2) is 6.40. The van der Waals surface area contributed by atoms with E-state index in [9.17, 15) is 4.79 Å². The summed E-state index contributed by atoms with van der Waals surface area (Å²) in [4.78, 5) is 16.2. The van der Waals surface area contributed by atoms with E-state index < -0.39 is 12.3 Å². The SMILES string of the molecule is CCCCOC1CC(C(=O)OCC)=NO1. The number of carbonyl (C=O) groups is 1. The Morgan fingerprint density at radius 1 is 1.60 bits per heavy atom. The van der Waals surface area contributed by atoms with Crippen molar-refractivity contribution < 1.29 is 19.1 Å². The van der Waals surface area contributed by atoms with Gasteiger partial charge >= 0.3 is 5.97 Å². The number of rotatable bonds is 6. The van der Waals surface area contributed by atoms with E-state index in [-0.39, 0.29) is 0 Å². The van der Waals surface area contributed by atoms with Gasteiger partial charge in [0.15, 0.2) is 5.71 Å². The molecular weight excluding hydrogens is 198 g/mol. The molecule has 1 aliphatic rings. The van der Waals surface area contributed by atoms with Crippen molar-refractivity contribution >= 4 is 11.7 Å². The molecule has 1 atom stereocenters. The monoisotopic (exact) mass is 215 g/mol. The van der Waals surface area contributed by atoms with Crippen LogP contribution in [0.1, 0.15) is 33.1 Å². The Morgan fingerprint density at radius 3 is 3.07 bits per heavy atom. The Labute approximate surface area is 89.4 Å². The fourth-order valence-electron chi connectivity index (χ4n) is 1.14. The number of esters is 1. The molecule has 1 rings (SSSR count). The Morgan fingerprint density at radius 2 is 2.40 bits per heavy atom. The van der Waals surface area contributed by atoms with Gasteiger partial charge in [-0.1, -0.05) is 18.5 Å². The normalized spacial score (nSPS) is 19.6. The summed E-state index contributed by atoms with van der Waals surface area (Å²) >= 11 is 0. The number of carbonyl (C=O) groups excluding carboxylic acids is 1. The molecule has 1 aliphatic heterocycles. The van der Waals surface area contributed by atoms with Crippen LogP contribution < -0.4 is 0 Å². The Bertz CT molecular complexity index is 240. The summed E-state index contributed by atoms with van der Waals surface area (Å²) in [7, 11) is 0. The molecule has 0 bridgehead atoms.